The number of anilines is 3. The van der Waals surface area contributed by atoms with E-state index in [0.29, 0.717) is 23.2 Å². The van der Waals surface area contributed by atoms with Crippen LogP contribution >= 0.6 is 0 Å². The largest absolute Gasteiger partial charge is 0.484 e. The standard InChI is InChI=1S/C19H24FN5O2/c1-24(2)18-16(12-21-19(23-18)25-10-4-3-5-11-25)22-17(26)13-27-15-8-6-14(20)7-9-15/h6-9,12H,3-5,10-11,13H2,1-2H3,(H,22,26). The Balaban J connectivity index is 1.65. The highest BCUT2D eigenvalue weighted by molar-refractivity contribution is 5.94. The Morgan fingerprint density at radius 2 is 1.93 bits per heavy atom. The zero-order valence-corrected chi connectivity index (χ0v) is 15.6. The Morgan fingerprint density at radius 3 is 2.59 bits per heavy atom. The number of nitrogens with zero attached hydrogens (tertiary/aromatic N) is 4. The van der Waals surface area contributed by atoms with Gasteiger partial charge in [-0.15, -0.1) is 0 Å². The molecule has 1 aliphatic heterocycles. The van der Waals surface area contributed by atoms with Crippen LogP contribution in [0.4, 0.5) is 21.8 Å². The van der Waals surface area contributed by atoms with Gasteiger partial charge in [0.05, 0.1) is 6.20 Å². The van der Waals surface area contributed by atoms with Gasteiger partial charge in [-0.2, -0.15) is 4.98 Å². The Bertz CT molecular complexity index is 776. The van der Waals surface area contributed by atoms with Crippen molar-refractivity contribution in [3.63, 3.8) is 0 Å². The molecule has 1 saturated heterocycles. The third kappa shape index (κ3) is 5.06. The Kier molecular flexibility index (Phi) is 6.05. The van der Waals surface area contributed by atoms with Gasteiger partial charge in [-0.25, -0.2) is 9.37 Å². The summed E-state index contributed by atoms with van der Waals surface area (Å²) in [4.78, 5) is 25.3. The molecule has 8 heteroatoms. The topological polar surface area (TPSA) is 70.6 Å². The van der Waals surface area contributed by atoms with Gasteiger partial charge in [0.2, 0.25) is 5.95 Å². The number of piperidine rings is 1. The lowest BCUT2D eigenvalue weighted by molar-refractivity contribution is -0.118. The summed E-state index contributed by atoms with van der Waals surface area (Å²) < 4.78 is 18.3. The van der Waals surface area contributed by atoms with E-state index in [0.717, 1.165) is 25.9 Å². The third-order valence-electron chi connectivity index (χ3n) is 4.28. The molecule has 2 heterocycles. The maximum absolute atomic E-state index is 12.9. The Hall–Kier alpha value is -2.90. The summed E-state index contributed by atoms with van der Waals surface area (Å²) in [7, 11) is 3.74. The van der Waals surface area contributed by atoms with Crippen molar-refractivity contribution in [1.82, 2.24) is 9.97 Å². The summed E-state index contributed by atoms with van der Waals surface area (Å²) in [5.74, 6) is 1.06. The molecule has 1 aromatic carbocycles. The van der Waals surface area contributed by atoms with Gasteiger partial charge < -0.3 is 19.9 Å². The molecule has 1 aromatic heterocycles. The highest BCUT2D eigenvalue weighted by atomic mass is 19.1. The average Bonchev–Trinajstić information content (AvgIpc) is 2.68. The fraction of sp³-hybridized carbons (Fsp3) is 0.421. The van der Waals surface area contributed by atoms with E-state index in [1.54, 1.807) is 6.20 Å². The second-order valence-electron chi connectivity index (χ2n) is 6.64. The molecule has 0 bridgehead atoms. The van der Waals surface area contributed by atoms with E-state index in [4.69, 9.17) is 4.74 Å². The molecule has 1 fully saturated rings. The number of amides is 1. The molecule has 0 unspecified atom stereocenters. The van der Waals surface area contributed by atoms with Gasteiger partial charge in [-0.1, -0.05) is 0 Å². The summed E-state index contributed by atoms with van der Waals surface area (Å²) in [6.07, 6.45) is 5.14. The number of ether oxygens (including phenoxy) is 1. The quantitative estimate of drug-likeness (QED) is 0.840. The van der Waals surface area contributed by atoms with Gasteiger partial charge in [-0.05, 0) is 43.5 Å². The van der Waals surface area contributed by atoms with E-state index < -0.39 is 0 Å². The number of aromatic nitrogens is 2. The lowest BCUT2D eigenvalue weighted by Crippen LogP contribution is -2.31. The third-order valence-corrected chi connectivity index (χ3v) is 4.28. The maximum Gasteiger partial charge on any atom is 0.262 e. The zero-order valence-electron chi connectivity index (χ0n) is 15.6. The maximum atomic E-state index is 12.9. The molecule has 144 valence electrons. The highest BCUT2D eigenvalue weighted by Gasteiger charge is 2.17. The van der Waals surface area contributed by atoms with Crippen molar-refractivity contribution in [1.29, 1.82) is 0 Å². The van der Waals surface area contributed by atoms with E-state index in [2.05, 4.69) is 20.2 Å². The summed E-state index contributed by atoms with van der Waals surface area (Å²) in [5, 5.41) is 2.78. The number of carbonyl (C=O) groups excluding carboxylic acids is 1. The molecular weight excluding hydrogens is 349 g/mol. The van der Waals surface area contributed by atoms with E-state index in [1.165, 1.54) is 30.7 Å². The highest BCUT2D eigenvalue weighted by Crippen LogP contribution is 2.25. The minimum absolute atomic E-state index is 0.188. The molecule has 1 N–H and O–H groups in total. The van der Waals surface area contributed by atoms with Crippen molar-refractivity contribution in [2.75, 3.05) is 48.9 Å². The number of hydrogen-bond donors (Lipinski definition) is 1. The lowest BCUT2D eigenvalue weighted by atomic mass is 10.1. The molecule has 0 aliphatic carbocycles. The minimum atomic E-state index is -0.353. The Morgan fingerprint density at radius 1 is 1.22 bits per heavy atom. The lowest BCUT2D eigenvalue weighted by Gasteiger charge is -2.28. The molecule has 1 aliphatic rings. The summed E-state index contributed by atoms with van der Waals surface area (Å²) in [6.45, 7) is 1.71. The van der Waals surface area contributed by atoms with E-state index in [1.807, 2.05) is 19.0 Å². The van der Waals surface area contributed by atoms with E-state index >= 15 is 0 Å². The number of benzene rings is 1. The van der Waals surface area contributed by atoms with Crippen LogP contribution in [0.3, 0.4) is 0 Å². The first-order valence-corrected chi connectivity index (χ1v) is 9.00. The average molecular weight is 373 g/mol. The van der Waals surface area contributed by atoms with Gasteiger partial charge >= 0.3 is 0 Å². The first-order valence-electron chi connectivity index (χ1n) is 9.00. The smallest absolute Gasteiger partial charge is 0.262 e. The number of hydrogen-bond acceptors (Lipinski definition) is 6. The SMILES string of the molecule is CN(C)c1nc(N2CCCCC2)ncc1NC(=O)COc1ccc(F)cc1. The van der Waals surface area contributed by atoms with Crippen molar-refractivity contribution in [2.24, 2.45) is 0 Å². The normalized spacial score (nSPS) is 14.0. The number of carbonyl (C=O) groups is 1. The van der Waals surface area contributed by atoms with Gasteiger partial charge in [0, 0.05) is 27.2 Å². The van der Waals surface area contributed by atoms with Crippen LogP contribution in [0.15, 0.2) is 30.5 Å². The van der Waals surface area contributed by atoms with Crippen LogP contribution in [0.2, 0.25) is 0 Å². The second kappa shape index (κ2) is 8.66. The van der Waals surface area contributed by atoms with Crippen LogP contribution in [0.1, 0.15) is 19.3 Å². The summed E-state index contributed by atoms with van der Waals surface area (Å²) in [6, 6.07) is 5.52. The van der Waals surface area contributed by atoms with Gasteiger partial charge in [-0.3, -0.25) is 4.79 Å². The Labute approximate surface area is 158 Å². The van der Waals surface area contributed by atoms with Gasteiger partial charge in [0.1, 0.15) is 17.3 Å². The number of rotatable bonds is 6. The van der Waals surface area contributed by atoms with Gasteiger partial charge in [0.25, 0.3) is 5.91 Å². The molecule has 0 radical (unpaired) electrons. The van der Waals surface area contributed by atoms with Crippen LogP contribution in [0.5, 0.6) is 5.75 Å². The predicted octanol–water partition coefficient (Wildman–Crippen LogP) is 2.69. The molecule has 1 amide bonds. The van der Waals surface area contributed by atoms with Crippen LogP contribution in [0.25, 0.3) is 0 Å². The number of halogens is 1. The first-order chi connectivity index (χ1) is 13.0. The molecule has 2 aromatic rings. The van der Waals surface area contributed by atoms with E-state index in [-0.39, 0.29) is 18.3 Å². The van der Waals surface area contributed by atoms with Gasteiger partial charge in [0.15, 0.2) is 12.4 Å². The minimum Gasteiger partial charge on any atom is -0.484 e. The van der Waals surface area contributed by atoms with Crippen molar-refractivity contribution < 1.29 is 13.9 Å². The molecule has 0 spiro atoms. The van der Waals surface area contributed by atoms with E-state index in [9.17, 15) is 9.18 Å². The fourth-order valence-electron chi connectivity index (χ4n) is 2.91. The molecule has 27 heavy (non-hydrogen) atoms. The van der Waals surface area contributed by atoms with Crippen molar-refractivity contribution >= 4 is 23.4 Å². The van der Waals surface area contributed by atoms with Crippen LogP contribution in [-0.4, -0.2) is 49.7 Å². The monoisotopic (exact) mass is 373 g/mol. The van der Waals surface area contributed by atoms with Crippen molar-refractivity contribution in [3.8, 4) is 5.75 Å². The zero-order chi connectivity index (χ0) is 19.2. The molecule has 0 atom stereocenters. The number of nitrogens with one attached hydrogen (secondary N) is 1. The van der Waals surface area contributed by atoms with Crippen LogP contribution in [-0.2, 0) is 4.79 Å². The van der Waals surface area contributed by atoms with Crippen molar-refractivity contribution in [3.05, 3.63) is 36.3 Å². The summed E-state index contributed by atoms with van der Waals surface area (Å²) in [5.41, 5.74) is 0.522. The molecule has 3 rings (SSSR count). The first kappa shape index (κ1) is 18.9. The van der Waals surface area contributed by atoms with Crippen LogP contribution in [0, 0.1) is 5.82 Å². The molecule has 7 nitrogen and oxygen atoms in total. The molecule has 0 saturated carbocycles. The molecular formula is C19H24FN5O2. The summed E-state index contributed by atoms with van der Waals surface area (Å²) >= 11 is 0. The van der Waals surface area contributed by atoms with Crippen molar-refractivity contribution in [2.45, 2.75) is 19.3 Å². The fourth-order valence-corrected chi connectivity index (χ4v) is 2.91. The predicted molar refractivity (Wildman–Crippen MR) is 103 cm³/mol. The van der Waals surface area contributed by atoms with Crippen LogP contribution < -0.4 is 19.9 Å². The second-order valence-corrected chi connectivity index (χ2v) is 6.64.